The highest BCUT2D eigenvalue weighted by molar-refractivity contribution is 6.99. The predicted octanol–water partition coefficient (Wildman–Crippen LogP) is 19.5. The maximum Gasteiger partial charge on any atom is 0.256 e. The maximum atomic E-state index is 7.48. The Morgan fingerprint density at radius 1 is 0.274 bits per heavy atom. The summed E-state index contributed by atoms with van der Waals surface area (Å²) in [5, 5.41) is 7.27. The van der Waals surface area contributed by atoms with Gasteiger partial charge in [-0.15, -0.1) is 0 Å². The van der Waals surface area contributed by atoms with Crippen LogP contribution in [0.3, 0.4) is 0 Å². The van der Waals surface area contributed by atoms with Gasteiger partial charge in [0.15, 0.2) is 0 Å². The predicted molar refractivity (Wildman–Crippen MR) is 354 cm³/mol. The number of nitrogens with zero attached hydrogens (tertiary/aromatic N) is 2. The molecule has 3 heterocycles. The minimum absolute atomic E-state index is 0.201. The molecule has 0 fully saturated rings. The number of hydrogen-bond acceptors (Lipinski definition) is 2. The molecule has 0 radical (unpaired) electrons. The Kier molecular flexibility index (Phi) is 11.0. The summed E-state index contributed by atoms with van der Waals surface area (Å²) in [6.45, 7) is -0.201. The molecule has 15 aromatic rings. The molecule has 2 aliphatic heterocycles. The highest BCUT2D eigenvalue weighted by Gasteiger charge is 2.44. The Labute approximate surface area is 488 Å². The number of anilines is 3. The monoisotopic (exact) mass is 1070 g/mol. The number of fused-ring (bicyclic) bond motifs is 9. The molecule has 0 saturated heterocycles. The number of para-hydroxylation sites is 2. The summed E-state index contributed by atoms with van der Waals surface area (Å²) in [7, 11) is 0. The van der Waals surface area contributed by atoms with E-state index in [-0.39, 0.29) is 6.71 Å². The molecule has 0 saturated carbocycles. The first-order chi connectivity index (χ1) is 41.7. The van der Waals surface area contributed by atoms with Crippen molar-refractivity contribution in [2.45, 2.75) is 0 Å². The lowest BCUT2D eigenvalue weighted by Gasteiger charge is -2.42. The van der Waals surface area contributed by atoms with Crippen LogP contribution in [0.4, 0.5) is 17.1 Å². The molecule has 0 unspecified atom stereocenters. The van der Waals surface area contributed by atoms with Gasteiger partial charge in [0.2, 0.25) is 0 Å². The third kappa shape index (κ3) is 7.54. The van der Waals surface area contributed by atoms with Gasteiger partial charge in [0.25, 0.3) is 6.71 Å². The summed E-state index contributed by atoms with van der Waals surface area (Å²) in [6, 6.07) is 114. The molecule has 2 aliphatic rings. The normalized spacial score (nSPS) is 12.3. The van der Waals surface area contributed by atoms with Gasteiger partial charge < -0.3 is 14.2 Å². The molecular formula is C80H51BN2O. The van der Waals surface area contributed by atoms with E-state index in [1.165, 1.54) is 54.5 Å². The smallest absolute Gasteiger partial charge is 0.256 e. The lowest BCUT2D eigenvalue weighted by molar-refractivity contribution is 0.487. The zero-order valence-electron chi connectivity index (χ0n) is 45.8. The molecule has 0 atom stereocenters. The summed E-state index contributed by atoms with van der Waals surface area (Å²) in [4.78, 5) is 2.63. The lowest BCUT2D eigenvalue weighted by Crippen LogP contribution is -2.59. The van der Waals surface area contributed by atoms with Crippen molar-refractivity contribution < 1.29 is 4.74 Å². The second-order valence-electron chi connectivity index (χ2n) is 22.2. The van der Waals surface area contributed by atoms with Crippen LogP contribution >= 0.6 is 0 Å². The fourth-order valence-electron chi connectivity index (χ4n) is 14.0. The van der Waals surface area contributed by atoms with Crippen molar-refractivity contribution in [2.75, 3.05) is 4.90 Å². The summed E-state index contributed by atoms with van der Waals surface area (Å²) >= 11 is 0. The van der Waals surface area contributed by atoms with Crippen molar-refractivity contribution in [3.8, 4) is 83.9 Å². The third-order valence-electron chi connectivity index (χ3n) is 17.6. The van der Waals surface area contributed by atoms with E-state index in [9.17, 15) is 0 Å². The van der Waals surface area contributed by atoms with E-state index in [2.05, 4.69) is 319 Å². The van der Waals surface area contributed by atoms with Crippen LogP contribution < -0.4 is 26.0 Å². The van der Waals surface area contributed by atoms with Crippen LogP contribution in [0.1, 0.15) is 0 Å². The fraction of sp³-hybridized carbons (Fsp3) is 0. The second-order valence-corrected chi connectivity index (χ2v) is 22.2. The van der Waals surface area contributed by atoms with Crippen molar-refractivity contribution in [3.05, 3.63) is 309 Å². The van der Waals surface area contributed by atoms with Crippen molar-refractivity contribution in [1.82, 2.24) is 4.57 Å². The molecule has 0 bridgehead atoms. The van der Waals surface area contributed by atoms with Gasteiger partial charge in [-0.25, -0.2) is 0 Å². The zero-order valence-corrected chi connectivity index (χ0v) is 45.8. The van der Waals surface area contributed by atoms with E-state index in [0.29, 0.717) is 0 Å². The van der Waals surface area contributed by atoms with E-state index in [4.69, 9.17) is 4.74 Å². The van der Waals surface area contributed by atoms with Crippen molar-refractivity contribution >= 4 is 83.5 Å². The number of hydrogen-bond donors (Lipinski definition) is 0. The van der Waals surface area contributed by atoms with Gasteiger partial charge in [-0.3, -0.25) is 0 Å². The minimum atomic E-state index is -0.201. The fourth-order valence-corrected chi connectivity index (χ4v) is 14.0. The van der Waals surface area contributed by atoms with Crippen molar-refractivity contribution in [1.29, 1.82) is 0 Å². The van der Waals surface area contributed by atoms with Crippen molar-refractivity contribution in [3.63, 3.8) is 0 Å². The minimum Gasteiger partial charge on any atom is -0.458 e. The molecule has 1 aromatic heterocycles. The maximum absolute atomic E-state index is 7.48. The Balaban J connectivity index is 1.04. The zero-order chi connectivity index (χ0) is 55.2. The molecule has 17 rings (SSSR count). The van der Waals surface area contributed by atoms with Crippen LogP contribution in [0, 0.1) is 0 Å². The van der Waals surface area contributed by atoms with E-state index in [1.54, 1.807) is 0 Å². The number of benzene rings is 14. The quantitative estimate of drug-likeness (QED) is 0.111. The Hall–Kier alpha value is -10.9. The lowest BCUT2D eigenvalue weighted by atomic mass is 9.34. The molecule has 4 heteroatoms. The molecule has 390 valence electrons. The van der Waals surface area contributed by atoms with Crippen LogP contribution in [0.2, 0.25) is 0 Å². The molecule has 0 N–H and O–H groups in total. The SMILES string of the molecule is c1ccc(-c2ccc3c(c2)B2c4ccc(-c5c6ccccc6c(-c6ccccc6)c6ccccc56)cc4N(c4c(-c5ccccc5)cc(-c5ccccc5)cc4-c4ccccc4)c4cc(-n5c6ccccc6c6ccccc65)cc(c42)O3)cc1. The molecule has 0 spiro atoms. The third-order valence-corrected chi connectivity index (χ3v) is 17.6. The van der Waals surface area contributed by atoms with Gasteiger partial charge in [0, 0.05) is 39.3 Å². The summed E-state index contributed by atoms with van der Waals surface area (Å²) in [6.07, 6.45) is 0. The van der Waals surface area contributed by atoms with E-state index in [1.807, 2.05) is 0 Å². The number of rotatable bonds is 8. The average Bonchev–Trinajstić information content (AvgIpc) is 0.946. The van der Waals surface area contributed by atoms with Gasteiger partial charge in [0.05, 0.1) is 22.4 Å². The van der Waals surface area contributed by atoms with Crippen LogP contribution in [0.25, 0.3) is 116 Å². The van der Waals surface area contributed by atoms with E-state index >= 15 is 0 Å². The van der Waals surface area contributed by atoms with Crippen LogP contribution in [-0.4, -0.2) is 11.3 Å². The molecule has 84 heavy (non-hydrogen) atoms. The first kappa shape index (κ1) is 47.8. The van der Waals surface area contributed by atoms with Gasteiger partial charge in [-0.2, -0.15) is 0 Å². The Morgan fingerprint density at radius 3 is 1.25 bits per heavy atom. The van der Waals surface area contributed by atoms with Gasteiger partial charge in [0.1, 0.15) is 11.5 Å². The van der Waals surface area contributed by atoms with Gasteiger partial charge >= 0.3 is 0 Å². The molecule has 0 aliphatic carbocycles. The Morgan fingerprint density at radius 2 is 0.714 bits per heavy atom. The highest BCUT2D eigenvalue weighted by Crippen LogP contribution is 2.53. The summed E-state index contributed by atoms with van der Waals surface area (Å²) < 4.78 is 9.92. The molecule has 0 amide bonds. The Bertz CT molecular complexity index is 4930. The summed E-state index contributed by atoms with van der Waals surface area (Å²) in [5.74, 6) is 1.70. The second kappa shape index (κ2) is 19.4. The van der Waals surface area contributed by atoms with Gasteiger partial charge in [-0.1, -0.05) is 261 Å². The van der Waals surface area contributed by atoms with Crippen LogP contribution in [-0.2, 0) is 0 Å². The first-order valence-electron chi connectivity index (χ1n) is 29.0. The summed E-state index contributed by atoms with van der Waals surface area (Å²) in [5.41, 5.74) is 23.9. The van der Waals surface area contributed by atoms with E-state index in [0.717, 1.165) is 106 Å². The highest BCUT2D eigenvalue weighted by atomic mass is 16.5. The number of aromatic nitrogens is 1. The van der Waals surface area contributed by atoms with Gasteiger partial charge in [-0.05, 0) is 136 Å². The van der Waals surface area contributed by atoms with E-state index < -0.39 is 0 Å². The van der Waals surface area contributed by atoms with Crippen LogP contribution in [0.15, 0.2) is 309 Å². The standard InChI is InChI=1S/C80H51BN2O/c1-6-24-52(25-7-1)57-43-45-75-70(48-57)81-69-44-42-58(78-65-38-18-16-36-63(65)77(56-32-14-5-15-33-56)64-37-17-19-39-66(64)78)49-73(69)83(74-50-60(51-76(84-75)79(74)81)82-71-40-22-20-34-61(71)62-35-21-23-41-72(62)82)80-67(54-28-10-3-11-29-54)46-59(53-26-8-2-9-27-53)47-68(80)55-30-12-4-13-31-55/h1-51H. The topological polar surface area (TPSA) is 17.4 Å². The largest absolute Gasteiger partial charge is 0.458 e. The number of ether oxygens (including phenoxy) is 1. The molecule has 3 nitrogen and oxygen atoms in total. The van der Waals surface area contributed by atoms with Crippen molar-refractivity contribution in [2.24, 2.45) is 0 Å². The first-order valence-corrected chi connectivity index (χ1v) is 29.0. The molecule has 14 aromatic carbocycles. The molecular weight excluding hydrogens is 1020 g/mol. The average molecular weight is 1070 g/mol. The van der Waals surface area contributed by atoms with Crippen LogP contribution in [0.5, 0.6) is 11.5 Å².